The Morgan fingerprint density at radius 2 is 2.19 bits per heavy atom. The van der Waals surface area contributed by atoms with E-state index >= 15 is 0 Å². The highest BCUT2D eigenvalue weighted by Gasteiger charge is 2.44. The molecule has 1 aromatic carbocycles. The molecule has 1 aliphatic carbocycles. The van der Waals surface area contributed by atoms with Gasteiger partial charge in [0.1, 0.15) is 0 Å². The van der Waals surface area contributed by atoms with Gasteiger partial charge in [0.25, 0.3) is 0 Å². The molecule has 2 N–H and O–H groups in total. The molecule has 3 rings (SSSR count). The van der Waals surface area contributed by atoms with Crippen LogP contribution >= 0.6 is 11.6 Å². The number of hydrogen-bond donors (Lipinski definition) is 2. The van der Waals surface area contributed by atoms with E-state index in [1.54, 1.807) is 0 Å². The van der Waals surface area contributed by atoms with Crippen LogP contribution in [0.25, 0.3) is 0 Å². The average molecular weight is 304 g/mol. The van der Waals surface area contributed by atoms with Crippen LogP contribution in [-0.4, -0.2) is 16.1 Å². The molecule has 1 amide bonds. The fourth-order valence-corrected chi connectivity index (χ4v) is 3.02. The van der Waals surface area contributed by atoms with Crippen LogP contribution in [0.5, 0.6) is 0 Å². The topological polar surface area (TPSA) is 57.8 Å². The third-order valence-corrected chi connectivity index (χ3v) is 4.50. The van der Waals surface area contributed by atoms with Gasteiger partial charge in [0.05, 0.1) is 5.69 Å². The lowest BCUT2D eigenvalue weighted by Gasteiger charge is -2.06. The average Bonchev–Trinajstić information content (AvgIpc) is 3.19. The van der Waals surface area contributed by atoms with Crippen LogP contribution in [0.4, 0.5) is 0 Å². The molecule has 0 bridgehead atoms. The summed E-state index contributed by atoms with van der Waals surface area (Å²) in [4.78, 5) is 12.2. The molecule has 1 aliphatic rings. The first kappa shape index (κ1) is 14.1. The van der Waals surface area contributed by atoms with Crippen molar-refractivity contribution in [3.63, 3.8) is 0 Å². The highest BCUT2D eigenvalue weighted by atomic mass is 35.5. The Labute approximate surface area is 128 Å². The van der Waals surface area contributed by atoms with Crippen molar-refractivity contribution in [1.29, 1.82) is 0 Å². The van der Waals surface area contributed by atoms with E-state index in [2.05, 4.69) is 15.5 Å². The van der Waals surface area contributed by atoms with E-state index in [-0.39, 0.29) is 17.7 Å². The van der Waals surface area contributed by atoms with Crippen molar-refractivity contribution in [2.75, 3.05) is 0 Å². The lowest BCUT2D eigenvalue weighted by atomic mass is 10.1. The number of benzene rings is 1. The predicted molar refractivity (Wildman–Crippen MR) is 82.2 cm³/mol. The van der Waals surface area contributed by atoms with Crippen molar-refractivity contribution in [3.8, 4) is 0 Å². The second-order valence-electron chi connectivity index (χ2n) is 5.60. The molecule has 110 valence electrons. The van der Waals surface area contributed by atoms with Gasteiger partial charge in [-0.05, 0) is 37.8 Å². The molecule has 0 unspecified atom stereocenters. The summed E-state index contributed by atoms with van der Waals surface area (Å²) in [6, 6.07) is 7.76. The molecule has 4 nitrogen and oxygen atoms in total. The van der Waals surface area contributed by atoms with Gasteiger partial charge in [0, 0.05) is 28.7 Å². The molecule has 0 radical (unpaired) electrons. The standard InChI is InChI=1S/C16H18ClN3O/c1-9-14(10(2)20-19-9)8-18-16(21)13-7-12(13)11-5-3-4-6-15(11)17/h3-6,12-13H,7-8H2,1-2H3,(H,18,21)(H,19,20)/t12-,13+/m0/s1. The van der Waals surface area contributed by atoms with Gasteiger partial charge >= 0.3 is 0 Å². The summed E-state index contributed by atoms with van der Waals surface area (Å²) in [5.41, 5.74) is 4.09. The van der Waals surface area contributed by atoms with Gasteiger partial charge in [-0.25, -0.2) is 0 Å². The third kappa shape index (κ3) is 2.81. The highest BCUT2D eigenvalue weighted by Crippen LogP contribution is 2.49. The Bertz CT molecular complexity index is 660. The quantitative estimate of drug-likeness (QED) is 0.912. The normalized spacial score (nSPS) is 20.3. The van der Waals surface area contributed by atoms with Crippen molar-refractivity contribution >= 4 is 17.5 Å². The molecule has 1 heterocycles. The number of carbonyl (C=O) groups is 1. The number of rotatable bonds is 4. The van der Waals surface area contributed by atoms with Gasteiger partial charge in [-0.3, -0.25) is 9.89 Å². The van der Waals surface area contributed by atoms with Crippen LogP contribution in [0.2, 0.25) is 5.02 Å². The van der Waals surface area contributed by atoms with Crippen LogP contribution in [0.3, 0.4) is 0 Å². The van der Waals surface area contributed by atoms with E-state index < -0.39 is 0 Å². The molecule has 0 spiro atoms. The first-order valence-electron chi connectivity index (χ1n) is 7.10. The van der Waals surface area contributed by atoms with Gasteiger partial charge in [-0.1, -0.05) is 29.8 Å². The third-order valence-electron chi connectivity index (χ3n) is 4.15. The summed E-state index contributed by atoms with van der Waals surface area (Å²) in [7, 11) is 0. The molecule has 2 aromatic rings. The summed E-state index contributed by atoms with van der Waals surface area (Å²) in [6.45, 7) is 4.43. The van der Waals surface area contributed by atoms with Gasteiger partial charge in [-0.15, -0.1) is 0 Å². The van der Waals surface area contributed by atoms with Crippen LogP contribution in [0.15, 0.2) is 24.3 Å². The Hall–Kier alpha value is -1.81. The van der Waals surface area contributed by atoms with Gasteiger partial charge in [0.15, 0.2) is 0 Å². The van der Waals surface area contributed by atoms with Crippen LogP contribution in [0, 0.1) is 19.8 Å². The van der Waals surface area contributed by atoms with E-state index in [0.717, 1.165) is 34.0 Å². The van der Waals surface area contributed by atoms with Gasteiger partial charge in [-0.2, -0.15) is 5.10 Å². The number of nitrogens with zero attached hydrogens (tertiary/aromatic N) is 1. The minimum atomic E-state index is 0.0393. The number of amides is 1. The number of hydrogen-bond acceptors (Lipinski definition) is 2. The number of nitrogens with one attached hydrogen (secondary N) is 2. The number of aryl methyl sites for hydroxylation is 2. The summed E-state index contributed by atoms with van der Waals surface area (Å²) >= 11 is 6.18. The SMILES string of the molecule is Cc1n[nH]c(C)c1CNC(=O)[C@@H]1C[C@H]1c1ccccc1Cl. The maximum Gasteiger partial charge on any atom is 0.224 e. The van der Waals surface area contributed by atoms with E-state index in [1.165, 1.54) is 0 Å². The maximum absolute atomic E-state index is 12.2. The fourth-order valence-electron chi connectivity index (χ4n) is 2.75. The zero-order valence-electron chi connectivity index (χ0n) is 12.1. The van der Waals surface area contributed by atoms with Crippen molar-refractivity contribution in [2.24, 2.45) is 5.92 Å². The van der Waals surface area contributed by atoms with Crippen molar-refractivity contribution in [3.05, 3.63) is 51.8 Å². The summed E-state index contributed by atoms with van der Waals surface area (Å²) in [6.07, 6.45) is 0.874. The molecule has 0 saturated heterocycles. The van der Waals surface area contributed by atoms with Gasteiger partial charge < -0.3 is 5.32 Å². The Morgan fingerprint density at radius 1 is 1.43 bits per heavy atom. The molecule has 1 saturated carbocycles. The molecule has 1 fully saturated rings. The predicted octanol–water partition coefficient (Wildman–Crippen LogP) is 3.10. The van der Waals surface area contributed by atoms with Gasteiger partial charge in [0.2, 0.25) is 5.91 Å². The number of aromatic amines is 1. The van der Waals surface area contributed by atoms with Crippen molar-refractivity contribution < 1.29 is 4.79 Å². The van der Waals surface area contributed by atoms with E-state index in [4.69, 9.17) is 11.6 Å². The number of halogens is 1. The number of aromatic nitrogens is 2. The van der Waals surface area contributed by atoms with Crippen LogP contribution < -0.4 is 5.32 Å². The van der Waals surface area contributed by atoms with Crippen molar-refractivity contribution in [1.82, 2.24) is 15.5 Å². The van der Waals surface area contributed by atoms with Crippen molar-refractivity contribution in [2.45, 2.75) is 32.7 Å². The van der Waals surface area contributed by atoms with Crippen LogP contribution in [-0.2, 0) is 11.3 Å². The second kappa shape index (κ2) is 5.53. The molecule has 21 heavy (non-hydrogen) atoms. The fraction of sp³-hybridized carbons (Fsp3) is 0.375. The zero-order valence-corrected chi connectivity index (χ0v) is 12.9. The lowest BCUT2D eigenvalue weighted by molar-refractivity contribution is -0.122. The number of carbonyl (C=O) groups excluding carboxylic acids is 1. The second-order valence-corrected chi connectivity index (χ2v) is 6.01. The van der Waals surface area contributed by atoms with E-state index in [0.29, 0.717) is 6.54 Å². The number of H-pyrrole nitrogens is 1. The minimum absolute atomic E-state index is 0.0393. The molecular formula is C16H18ClN3O. The lowest BCUT2D eigenvalue weighted by Crippen LogP contribution is -2.25. The first-order valence-corrected chi connectivity index (χ1v) is 7.48. The summed E-state index contributed by atoms with van der Waals surface area (Å²) in [5.74, 6) is 0.391. The Balaban J connectivity index is 1.60. The molecule has 5 heteroatoms. The maximum atomic E-state index is 12.2. The monoisotopic (exact) mass is 303 g/mol. The summed E-state index contributed by atoms with van der Waals surface area (Å²) in [5, 5.41) is 10.8. The molecule has 0 aliphatic heterocycles. The first-order chi connectivity index (χ1) is 10.1. The molecule has 2 atom stereocenters. The molecule has 1 aromatic heterocycles. The Kier molecular flexibility index (Phi) is 3.72. The Morgan fingerprint density at radius 3 is 2.86 bits per heavy atom. The minimum Gasteiger partial charge on any atom is -0.352 e. The largest absolute Gasteiger partial charge is 0.352 e. The van der Waals surface area contributed by atoms with Crippen LogP contribution in [0.1, 0.15) is 34.9 Å². The summed E-state index contributed by atoms with van der Waals surface area (Å²) < 4.78 is 0. The highest BCUT2D eigenvalue weighted by molar-refractivity contribution is 6.31. The molecular weight excluding hydrogens is 286 g/mol. The van der Waals surface area contributed by atoms with E-state index in [9.17, 15) is 4.79 Å². The van der Waals surface area contributed by atoms with E-state index in [1.807, 2.05) is 38.1 Å². The smallest absolute Gasteiger partial charge is 0.224 e. The zero-order chi connectivity index (χ0) is 15.0.